The van der Waals surface area contributed by atoms with Gasteiger partial charge in [-0.05, 0) is 68.1 Å². The van der Waals surface area contributed by atoms with Crippen molar-refractivity contribution in [1.82, 2.24) is 0 Å². The summed E-state index contributed by atoms with van der Waals surface area (Å²) < 4.78 is 0. The van der Waals surface area contributed by atoms with Crippen molar-refractivity contribution in [2.75, 3.05) is 0 Å². The van der Waals surface area contributed by atoms with E-state index in [4.69, 9.17) is 0 Å². The number of hydrogen-bond acceptors (Lipinski definition) is 3. The van der Waals surface area contributed by atoms with Crippen LogP contribution in [0, 0.1) is 28.6 Å². The van der Waals surface area contributed by atoms with E-state index < -0.39 is 6.10 Å². The molecular formula is C19H28O3. The van der Waals surface area contributed by atoms with Gasteiger partial charge in [0.05, 0.1) is 6.10 Å². The highest BCUT2D eigenvalue weighted by Crippen LogP contribution is 2.63. The first-order valence-electron chi connectivity index (χ1n) is 8.96. The summed E-state index contributed by atoms with van der Waals surface area (Å²) in [5.74, 6) is 1.59. The van der Waals surface area contributed by atoms with E-state index >= 15 is 0 Å². The minimum Gasteiger partial charge on any atom is -0.393 e. The smallest absolute Gasteiger partial charge is 0.167 e. The minimum atomic E-state index is -0.736. The number of rotatable bonds is 0. The van der Waals surface area contributed by atoms with Gasteiger partial charge in [0.15, 0.2) is 5.78 Å². The molecule has 0 saturated heterocycles. The molecule has 3 fully saturated rings. The summed E-state index contributed by atoms with van der Waals surface area (Å²) in [6.45, 7) is 4.48. The Bertz CT molecular complexity index is 539. The van der Waals surface area contributed by atoms with Gasteiger partial charge in [0.25, 0.3) is 0 Å². The van der Waals surface area contributed by atoms with Crippen molar-refractivity contribution in [3.05, 3.63) is 11.6 Å². The van der Waals surface area contributed by atoms with Crippen LogP contribution < -0.4 is 0 Å². The Morgan fingerprint density at radius 2 is 1.82 bits per heavy atom. The van der Waals surface area contributed by atoms with Crippen molar-refractivity contribution in [1.29, 1.82) is 0 Å². The monoisotopic (exact) mass is 304 g/mol. The van der Waals surface area contributed by atoms with Crippen molar-refractivity contribution in [3.63, 3.8) is 0 Å². The SMILES string of the molecule is C[C@]12CC[C@H](O)CC1=CC[C@H]1C3C[C@@H](O)C(=O)[C@@]3(C)CC[C@@H]12. The Morgan fingerprint density at radius 1 is 1.09 bits per heavy atom. The fraction of sp³-hybridized carbons (Fsp3) is 0.842. The zero-order valence-corrected chi connectivity index (χ0v) is 13.7. The quantitative estimate of drug-likeness (QED) is 0.677. The summed E-state index contributed by atoms with van der Waals surface area (Å²) in [6.07, 6.45) is 8.00. The number of carbonyl (C=O) groups is 1. The van der Waals surface area contributed by atoms with Gasteiger partial charge in [-0.25, -0.2) is 0 Å². The predicted molar refractivity (Wildman–Crippen MR) is 84.1 cm³/mol. The molecule has 7 atom stereocenters. The molecule has 0 aromatic heterocycles. The molecule has 4 aliphatic carbocycles. The highest BCUT2D eigenvalue weighted by atomic mass is 16.3. The third kappa shape index (κ3) is 1.78. The molecule has 0 aromatic carbocycles. The van der Waals surface area contributed by atoms with Crippen LogP contribution in [-0.2, 0) is 4.79 Å². The molecule has 0 bridgehead atoms. The third-order valence-corrected chi connectivity index (χ3v) is 7.81. The molecule has 3 nitrogen and oxygen atoms in total. The average molecular weight is 304 g/mol. The molecule has 0 radical (unpaired) electrons. The van der Waals surface area contributed by atoms with Crippen molar-refractivity contribution >= 4 is 5.78 Å². The number of hydrogen-bond donors (Lipinski definition) is 2. The van der Waals surface area contributed by atoms with E-state index in [0.29, 0.717) is 24.2 Å². The molecule has 3 saturated carbocycles. The molecule has 0 heterocycles. The molecule has 3 heteroatoms. The van der Waals surface area contributed by atoms with Crippen LogP contribution in [0.25, 0.3) is 0 Å². The largest absolute Gasteiger partial charge is 0.393 e. The normalized spacial score (nSPS) is 54.3. The van der Waals surface area contributed by atoms with Crippen molar-refractivity contribution in [2.45, 2.75) is 71.0 Å². The lowest BCUT2D eigenvalue weighted by Crippen LogP contribution is -2.50. The van der Waals surface area contributed by atoms with E-state index in [1.807, 2.05) is 0 Å². The van der Waals surface area contributed by atoms with Crippen molar-refractivity contribution in [2.24, 2.45) is 28.6 Å². The Hall–Kier alpha value is -0.670. The molecule has 2 N–H and O–H groups in total. The van der Waals surface area contributed by atoms with E-state index in [2.05, 4.69) is 19.9 Å². The van der Waals surface area contributed by atoms with E-state index in [0.717, 1.165) is 38.5 Å². The zero-order valence-electron chi connectivity index (χ0n) is 13.7. The number of Topliss-reactive ketones (excluding diaryl/α,β-unsaturated/α-hetero) is 1. The first-order valence-corrected chi connectivity index (χ1v) is 8.96. The van der Waals surface area contributed by atoms with E-state index in [1.165, 1.54) is 5.57 Å². The fourth-order valence-electron chi connectivity index (χ4n) is 6.43. The number of allylic oxidation sites excluding steroid dienone is 1. The maximum atomic E-state index is 12.4. The summed E-state index contributed by atoms with van der Waals surface area (Å²) in [6, 6.07) is 0. The second-order valence-corrected chi connectivity index (χ2v) is 8.73. The lowest BCUT2D eigenvalue weighted by Gasteiger charge is -2.56. The lowest BCUT2D eigenvalue weighted by atomic mass is 9.48. The van der Waals surface area contributed by atoms with Crippen LogP contribution >= 0.6 is 0 Å². The van der Waals surface area contributed by atoms with Crippen LogP contribution in [0.15, 0.2) is 11.6 Å². The summed E-state index contributed by atoms with van der Waals surface area (Å²) in [5, 5.41) is 20.1. The van der Waals surface area contributed by atoms with Gasteiger partial charge >= 0.3 is 0 Å². The average Bonchev–Trinajstić information content (AvgIpc) is 2.72. The standard InChI is InChI=1S/C19H28O3/c1-18-7-5-12(20)9-11(18)3-4-13-14(18)6-8-19(2)15(13)10-16(21)17(19)22/h3,12-16,20-21H,4-10H2,1-2H3/t12-,13+,14-,15?,16+,18-,19-/m0/s1. The van der Waals surface area contributed by atoms with Crippen molar-refractivity contribution in [3.8, 4) is 0 Å². The molecule has 0 spiro atoms. The molecule has 1 unspecified atom stereocenters. The van der Waals surface area contributed by atoms with Gasteiger partial charge < -0.3 is 10.2 Å². The van der Waals surface area contributed by atoms with Crippen LogP contribution in [0.3, 0.4) is 0 Å². The maximum absolute atomic E-state index is 12.4. The highest BCUT2D eigenvalue weighted by Gasteiger charge is 2.60. The van der Waals surface area contributed by atoms with Gasteiger partial charge in [0.1, 0.15) is 6.10 Å². The third-order valence-electron chi connectivity index (χ3n) is 7.81. The Morgan fingerprint density at radius 3 is 2.59 bits per heavy atom. The lowest BCUT2D eigenvalue weighted by molar-refractivity contribution is -0.136. The molecule has 22 heavy (non-hydrogen) atoms. The summed E-state index contributed by atoms with van der Waals surface area (Å²) in [5.41, 5.74) is 1.37. The molecule has 0 amide bonds. The van der Waals surface area contributed by atoms with E-state index in [-0.39, 0.29) is 22.7 Å². The highest BCUT2D eigenvalue weighted by molar-refractivity contribution is 5.91. The number of aliphatic hydroxyl groups is 2. The molecule has 0 aliphatic heterocycles. The molecule has 122 valence electrons. The number of fused-ring (bicyclic) bond motifs is 5. The van der Waals surface area contributed by atoms with Gasteiger partial charge in [-0.3, -0.25) is 4.79 Å². The summed E-state index contributed by atoms with van der Waals surface area (Å²) in [4.78, 5) is 12.4. The van der Waals surface area contributed by atoms with Crippen molar-refractivity contribution < 1.29 is 15.0 Å². The second kappa shape index (κ2) is 4.67. The number of ketones is 1. The minimum absolute atomic E-state index is 0.0925. The first-order chi connectivity index (χ1) is 10.4. The second-order valence-electron chi connectivity index (χ2n) is 8.73. The summed E-state index contributed by atoms with van der Waals surface area (Å²) in [7, 11) is 0. The number of aliphatic hydroxyl groups excluding tert-OH is 2. The molecule has 4 rings (SSSR count). The summed E-state index contributed by atoms with van der Waals surface area (Å²) >= 11 is 0. The Kier molecular flexibility index (Phi) is 3.16. The van der Waals surface area contributed by atoms with Gasteiger partial charge in [-0.15, -0.1) is 0 Å². The topological polar surface area (TPSA) is 57.5 Å². The van der Waals surface area contributed by atoms with Crippen LogP contribution in [-0.4, -0.2) is 28.2 Å². The van der Waals surface area contributed by atoms with Crippen LogP contribution in [0.4, 0.5) is 0 Å². The van der Waals surface area contributed by atoms with E-state index in [9.17, 15) is 15.0 Å². The van der Waals surface area contributed by atoms with Gasteiger partial charge in [-0.2, -0.15) is 0 Å². The van der Waals surface area contributed by atoms with Crippen LogP contribution in [0.1, 0.15) is 58.8 Å². The fourth-order valence-corrected chi connectivity index (χ4v) is 6.43. The predicted octanol–water partition coefficient (Wildman–Crippen LogP) is 2.85. The Labute approximate surface area is 132 Å². The van der Waals surface area contributed by atoms with Gasteiger partial charge in [0, 0.05) is 5.41 Å². The first kappa shape index (κ1) is 14.9. The Balaban J connectivity index is 1.70. The molecule has 4 aliphatic rings. The zero-order chi connectivity index (χ0) is 15.7. The molecule has 0 aromatic rings. The van der Waals surface area contributed by atoms with Crippen LogP contribution in [0.2, 0.25) is 0 Å². The van der Waals surface area contributed by atoms with Crippen LogP contribution in [0.5, 0.6) is 0 Å². The van der Waals surface area contributed by atoms with E-state index in [1.54, 1.807) is 0 Å². The maximum Gasteiger partial charge on any atom is 0.167 e. The van der Waals surface area contributed by atoms with Gasteiger partial charge in [-0.1, -0.05) is 25.5 Å². The molecular weight excluding hydrogens is 276 g/mol. The van der Waals surface area contributed by atoms with Gasteiger partial charge in [0.2, 0.25) is 0 Å². The number of carbonyl (C=O) groups excluding carboxylic acids is 1.